The van der Waals surface area contributed by atoms with Gasteiger partial charge in [-0.2, -0.15) is 5.10 Å². The van der Waals surface area contributed by atoms with Crippen LogP contribution in [-0.2, 0) is 7.05 Å². The molecule has 0 saturated carbocycles. The van der Waals surface area contributed by atoms with Crippen LogP contribution in [0.4, 0.5) is 5.95 Å². The predicted molar refractivity (Wildman–Crippen MR) is 127 cm³/mol. The first-order valence-electron chi connectivity index (χ1n) is 11.2. The maximum absolute atomic E-state index is 5.46. The van der Waals surface area contributed by atoms with Crippen LogP contribution in [-0.4, -0.2) is 56.0 Å². The molecule has 1 aromatic carbocycles. The van der Waals surface area contributed by atoms with Gasteiger partial charge in [-0.3, -0.25) is 4.68 Å². The summed E-state index contributed by atoms with van der Waals surface area (Å²) in [6, 6.07) is 4.78. The molecule has 0 aliphatic carbocycles. The molecule has 4 aromatic rings. The van der Waals surface area contributed by atoms with Crippen LogP contribution in [0.25, 0.3) is 33.3 Å². The minimum Gasteiger partial charge on any atom is -0.361 e. The van der Waals surface area contributed by atoms with Gasteiger partial charge in [0.1, 0.15) is 5.76 Å². The van der Waals surface area contributed by atoms with Crippen LogP contribution in [0.3, 0.4) is 0 Å². The lowest BCUT2D eigenvalue weighted by Crippen LogP contribution is -2.36. The van der Waals surface area contributed by atoms with Gasteiger partial charge in [-0.05, 0) is 78.4 Å². The summed E-state index contributed by atoms with van der Waals surface area (Å²) < 4.78 is 7.40. The smallest absolute Gasteiger partial charge is 0.201 e. The molecule has 2 N–H and O–H groups in total. The molecule has 1 aliphatic heterocycles. The van der Waals surface area contributed by atoms with Gasteiger partial charge in [0.25, 0.3) is 0 Å². The number of rotatable bonds is 4. The second kappa shape index (κ2) is 7.78. The summed E-state index contributed by atoms with van der Waals surface area (Å²) in [7, 11) is 4.16. The normalized spacial score (nSPS) is 15.7. The van der Waals surface area contributed by atoms with Crippen molar-refractivity contribution in [3.63, 3.8) is 0 Å². The molecule has 32 heavy (non-hydrogen) atoms. The van der Waals surface area contributed by atoms with Crippen molar-refractivity contribution in [3.8, 4) is 22.3 Å². The van der Waals surface area contributed by atoms with Crippen LogP contribution in [0.5, 0.6) is 0 Å². The van der Waals surface area contributed by atoms with Gasteiger partial charge in [-0.15, -0.1) is 0 Å². The summed E-state index contributed by atoms with van der Waals surface area (Å²) in [5, 5.41) is 12.5. The third kappa shape index (κ3) is 3.48. The van der Waals surface area contributed by atoms with E-state index in [1.54, 1.807) is 0 Å². The van der Waals surface area contributed by atoms with E-state index < -0.39 is 0 Å². The summed E-state index contributed by atoms with van der Waals surface area (Å²) >= 11 is 0. The molecule has 0 bridgehead atoms. The maximum Gasteiger partial charge on any atom is 0.201 e. The van der Waals surface area contributed by atoms with Gasteiger partial charge >= 0.3 is 0 Å². The van der Waals surface area contributed by atoms with Crippen molar-refractivity contribution < 1.29 is 4.52 Å². The Bertz CT molecular complexity index is 1270. The first kappa shape index (κ1) is 20.8. The molecule has 1 fully saturated rings. The van der Waals surface area contributed by atoms with E-state index in [2.05, 4.69) is 58.5 Å². The molecule has 4 heterocycles. The Labute approximate surface area is 188 Å². The van der Waals surface area contributed by atoms with Crippen molar-refractivity contribution in [2.75, 3.05) is 25.5 Å². The van der Waals surface area contributed by atoms with Gasteiger partial charge < -0.3 is 19.7 Å². The summed E-state index contributed by atoms with van der Waals surface area (Å²) in [6.45, 7) is 10.3. The Morgan fingerprint density at radius 2 is 1.78 bits per heavy atom. The van der Waals surface area contributed by atoms with E-state index in [1.165, 1.54) is 0 Å². The van der Waals surface area contributed by atoms with E-state index in [-0.39, 0.29) is 0 Å². The number of aryl methyl sites for hydroxylation is 4. The number of fused-ring (bicyclic) bond motifs is 1. The molecule has 0 amide bonds. The average Bonchev–Trinajstić information content (AvgIpc) is 3.38. The maximum atomic E-state index is 5.46. The highest BCUT2D eigenvalue weighted by Crippen LogP contribution is 2.38. The number of benzene rings is 1. The van der Waals surface area contributed by atoms with Gasteiger partial charge in [-0.25, -0.2) is 4.98 Å². The zero-order valence-corrected chi connectivity index (χ0v) is 19.7. The van der Waals surface area contributed by atoms with E-state index in [0.29, 0.717) is 6.04 Å². The molecule has 1 aliphatic rings. The number of aromatic amines is 1. The molecule has 1 saturated heterocycles. The second-order valence-corrected chi connectivity index (χ2v) is 9.10. The first-order valence-corrected chi connectivity index (χ1v) is 11.2. The molecule has 3 aromatic heterocycles. The van der Waals surface area contributed by atoms with Crippen LogP contribution in [0.2, 0.25) is 0 Å². The highest BCUT2D eigenvalue weighted by molar-refractivity contribution is 5.98. The van der Waals surface area contributed by atoms with Crippen molar-refractivity contribution in [1.29, 1.82) is 0 Å². The predicted octanol–water partition coefficient (Wildman–Crippen LogP) is 4.36. The minimum atomic E-state index is 0.430. The quantitative estimate of drug-likeness (QED) is 0.497. The van der Waals surface area contributed by atoms with E-state index >= 15 is 0 Å². The van der Waals surface area contributed by atoms with Gasteiger partial charge in [0.05, 0.1) is 22.4 Å². The molecule has 0 spiro atoms. The summed E-state index contributed by atoms with van der Waals surface area (Å²) in [4.78, 5) is 10.9. The number of hydrogen-bond donors (Lipinski definition) is 2. The molecule has 0 atom stereocenters. The van der Waals surface area contributed by atoms with Crippen LogP contribution in [0.1, 0.15) is 35.7 Å². The van der Waals surface area contributed by atoms with Crippen molar-refractivity contribution in [1.82, 2.24) is 29.8 Å². The van der Waals surface area contributed by atoms with E-state index in [1.807, 2.05) is 25.6 Å². The van der Waals surface area contributed by atoms with E-state index in [9.17, 15) is 0 Å². The van der Waals surface area contributed by atoms with Gasteiger partial charge in [0.2, 0.25) is 5.95 Å². The lowest BCUT2D eigenvalue weighted by molar-refractivity contribution is 0.263. The lowest BCUT2D eigenvalue weighted by atomic mass is 9.95. The Hall–Kier alpha value is -3.13. The molecule has 0 radical (unpaired) electrons. The topological polar surface area (TPSA) is 87.8 Å². The zero-order valence-electron chi connectivity index (χ0n) is 19.7. The zero-order chi connectivity index (χ0) is 22.6. The van der Waals surface area contributed by atoms with Crippen molar-refractivity contribution in [2.24, 2.45) is 7.05 Å². The molecule has 8 heteroatoms. The van der Waals surface area contributed by atoms with Crippen LogP contribution < -0.4 is 5.32 Å². The third-order valence-corrected chi connectivity index (χ3v) is 6.75. The fourth-order valence-corrected chi connectivity index (χ4v) is 4.93. The molecular formula is C24H31N7O. The molecule has 8 nitrogen and oxygen atoms in total. The standard InChI is InChI=1S/C24H31N7O/c1-13-21(15(3)31(6)28-13)19-11-17(22-14(2)29-32-16(22)4)12-20-23(19)27-24(26-20)25-18-7-9-30(5)10-8-18/h11-12,18H,7-10H2,1-6H3,(H2,25,26,27). The van der Waals surface area contributed by atoms with Gasteiger partial charge in [0.15, 0.2) is 0 Å². The third-order valence-electron chi connectivity index (χ3n) is 6.75. The monoisotopic (exact) mass is 433 g/mol. The fraction of sp³-hybridized carbons (Fsp3) is 0.458. The average molecular weight is 434 g/mol. The first-order chi connectivity index (χ1) is 15.3. The second-order valence-electron chi connectivity index (χ2n) is 9.10. The summed E-state index contributed by atoms with van der Waals surface area (Å²) in [6.07, 6.45) is 2.23. The molecule has 168 valence electrons. The Morgan fingerprint density at radius 3 is 2.41 bits per heavy atom. The number of nitrogens with zero attached hydrogens (tertiary/aromatic N) is 5. The minimum absolute atomic E-state index is 0.430. The number of H-pyrrole nitrogens is 1. The SMILES string of the molecule is Cc1noc(C)c1-c1cc(-c2c(C)nn(C)c2C)c2nc(NC3CCN(C)CC3)[nH]c2c1. The molecular weight excluding hydrogens is 402 g/mol. The Kier molecular flexibility index (Phi) is 5.04. The summed E-state index contributed by atoms with van der Waals surface area (Å²) in [5.41, 5.74) is 9.26. The van der Waals surface area contributed by atoms with Crippen molar-refractivity contribution >= 4 is 17.0 Å². The lowest BCUT2D eigenvalue weighted by Gasteiger charge is -2.29. The van der Waals surface area contributed by atoms with Crippen LogP contribution in [0.15, 0.2) is 16.7 Å². The number of imidazole rings is 1. The highest BCUT2D eigenvalue weighted by atomic mass is 16.5. The van der Waals surface area contributed by atoms with E-state index in [4.69, 9.17) is 9.51 Å². The highest BCUT2D eigenvalue weighted by Gasteiger charge is 2.22. The number of hydrogen-bond acceptors (Lipinski definition) is 6. The van der Waals surface area contributed by atoms with Gasteiger partial charge in [0, 0.05) is 35.5 Å². The number of piperidine rings is 1. The Balaban J connectivity index is 1.66. The fourth-order valence-electron chi connectivity index (χ4n) is 4.93. The number of nitrogens with one attached hydrogen (secondary N) is 2. The van der Waals surface area contributed by atoms with Crippen molar-refractivity contribution in [3.05, 3.63) is 35.0 Å². The number of likely N-dealkylation sites (tertiary alicyclic amines) is 1. The summed E-state index contributed by atoms with van der Waals surface area (Å²) in [5.74, 6) is 1.64. The largest absolute Gasteiger partial charge is 0.361 e. The van der Waals surface area contributed by atoms with Gasteiger partial charge in [-0.1, -0.05) is 5.16 Å². The molecule has 5 rings (SSSR count). The van der Waals surface area contributed by atoms with Crippen molar-refractivity contribution in [2.45, 2.75) is 46.6 Å². The number of anilines is 1. The molecule has 0 unspecified atom stereocenters. The van der Waals surface area contributed by atoms with Crippen LogP contribution in [0, 0.1) is 27.7 Å². The van der Waals surface area contributed by atoms with E-state index in [0.717, 1.165) is 88.0 Å². The number of aromatic nitrogens is 5. The Morgan fingerprint density at radius 1 is 1.03 bits per heavy atom. The van der Waals surface area contributed by atoms with Crippen LogP contribution >= 0.6 is 0 Å².